The molecule has 0 bridgehead atoms. The molecule has 2 aliphatic carbocycles. The number of carbonyl (C=O) groups excluding carboxylic acids is 1. The molecular weight excluding hydrogens is 278 g/mol. The standard InChI is InChI=1S/C17H25N3O2/c1-20(11-13-7-4-8-15(13)21)17(22)14-9-10-18-16(19-14)12-5-2-3-6-12/h9-10,12-13,15,21H,2-8,11H2,1H3. The van der Waals surface area contributed by atoms with Gasteiger partial charge in [-0.15, -0.1) is 0 Å². The lowest BCUT2D eigenvalue weighted by atomic mass is 10.1. The molecule has 120 valence electrons. The maximum Gasteiger partial charge on any atom is 0.272 e. The van der Waals surface area contributed by atoms with E-state index in [0.29, 0.717) is 18.2 Å². The summed E-state index contributed by atoms with van der Waals surface area (Å²) in [6, 6.07) is 1.70. The van der Waals surface area contributed by atoms with E-state index in [-0.39, 0.29) is 17.9 Å². The zero-order valence-electron chi connectivity index (χ0n) is 13.2. The van der Waals surface area contributed by atoms with Crippen molar-refractivity contribution in [3.05, 3.63) is 23.8 Å². The predicted molar refractivity (Wildman–Crippen MR) is 83.5 cm³/mol. The molecular formula is C17H25N3O2. The number of rotatable bonds is 4. The number of hydrogen-bond acceptors (Lipinski definition) is 4. The van der Waals surface area contributed by atoms with E-state index < -0.39 is 0 Å². The Hall–Kier alpha value is -1.49. The molecule has 22 heavy (non-hydrogen) atoms. The van der Waals surface area contributed by atoms with E-state index in [9.17, 15) is 9.90 Å². The number of hydrogen-bond donors (Lipinski definition) is 1. The molecule has 0 aliphatic heterocycles. The predicted octanol–water partition coefficient (Wildman–Crippen LogP) is 2.37. The van der Waals surface area contributed by atoms with Gasteiger partial charge in [-0.1, -0.05) is 19.3 Å². The van der Waals surface area contributed by atoms with Crippen LogP contribution in [0.1, 0.15) is 67.2 Å². The molecule has 0 spiro atoms. The summed E-state index contributed by atoms with van der Waals surface area (Å²) in [6.45, 7) is 0.600. The first kappa shape index (κ1) is 15.4. The summed E-state index contributed by atoms with van der Waals surface area (Å²) >= 11 is 0. The van der Waals surface area contributed by atoms with Crippen LogP contribution in [-0.2, 0) is 0 Å². The first-order valence-corrected chi connectivity index (χ1v) is 8.41. The zero-order chi connectivity index (χ0) is 15.5. The second-order valence-corrected chi connectivity index (χ2v) is 6.73. The summed E-state index contributed by atoms with van der Waals surface area (Å²) in [5, 5.41) is 9.91. The minimum absolute atomic E-state index is 0.0688. The molecule has 1 amide bonds. The zero-order valence-corrected chi connectivity index (χ0v) is 13.2. The Bertz CT molecular complexity index is 528. The third-order valence-electron chi connectivity index (χ3n) is 5.09. The molecule has 5 heteroatoms. The topological polar surface area (TPSA) is 66.3 Å². The minimum Gasteiger partial charge on any atom is -0.393 e. The summed E-state index contributed by atoms with van der Waals surface area (Å²) in [4.78, 5) is 23.1. The van der Waals surface area contributed by atoms with Gasteiger partial charge in [-0.3, -0.25) is 4.79 Å². The number of amides is 1. The van der Waals surface area contributed by atoms with Crippen LogP contribution in [0.5, 0.6) is 0 Å². The van der Waals surface area contributed by atoms with Crippen molar-refractivity contribution in [3.8, 4) is 0 Å². The van der Waals surface area contributed by atoms with Crippen molar-refractivity contribution >= 4 is 5.91 Å². The number of aromatic nitrogens is 2. The van der Waals surface area contributed by atoms with Crippen LogP contribution in [0.3, 0.4) is 0 Å². The molecule has 2 atom stereocenters. The van der Waals surface area contributed by atoms with E-state index in [1.54, 1.807) is 24.2 Å². The molecule has 0 aromatic carbocycles. The summed E-state index contributed by atoms with van der Waals surface area (Å²) in [5.74, 6) is 1.36. The molecule has 0 saturated heterocycles. The van der Waals surface area contributed by atoms with Gasteiger partial charge in [-0.2, -0.15) is 0 Å². The van der Waals surface area contributed by atoms with Gasteiger partial charge in [-0.25, -0.2) is 9.97 Å². The van der Waals surface area contributed by atoms with Crippen LogP contribution < -0.4 is 0 Å². The van der Waals surface area contributed by atoms with Gasteiger partial charge in [0.2, 0.25) is 0 Å². The summed E-state index contributed by atoms with van der Waals surface area (Å²) in [5.41, 5.74) is 0.479. The van der Waals surface area contributed by atoms with Crippen molar-refractivity contribution in [1.82, 2.24) is 14.9 Å². The van der Waals surface area contributed by atoms with Crippen LogP contribution in [-0.4, -0.2) is 45.6 Å². The largest absolute Gasteiger partial charge is 0.393 e. The fraction of sp³-hybridized carbons (Fsp3) is 0.706. The second kappa shape index (κ2) is 6.73. The number of aliphatic hydroxyl groups excluding tert-OH is 1. The van der Waals surface area contributed by atoms with Gasteiger partial charge < -0.3 is 10.0 Å². The minimum atomic E-state index is -0.269. The van der Waals surface area contributed by atoms with Gasteiger partial charge >= 0.3 is 0 Å². The van der Waals surface area contributed by atoms with Crippen molar-refractivity contribution in [2.24, 2.45) is 5.92 Å². The normalized spacial score (nSPS) is 25.5. The van der Waals surface area contributed by atoms with Gasteiger partial charge in [0.15, 0.2) is 0 Å². The van der Waals surface area contributed by atoms with Crippen molar-refractivity contribution in [1.29, 1.82) is 0 Å². The van der Waals surface area contributed by atoms with Crippen LogP contribution in [0, 0.1) is 5.92 Å². The summed E-state index contributed by atoms with van der Waals surface area (Å²) in [6.07, 6.45) is 9.04. The van der Waals surface area contributed by atoms with E-state index in [0.717, 1.165) is 37.9 Å². The quantitative estimate of drug-likeness (QED) is 0.927. The van der Waals surface area contributed by atoms with Crippen LogP contribution in [0.2, 0.25) is 0 Å². The Morgan fingerprint density at radius 1 is 1.27 bits per heavy atom. The number of nitrogens with zero attached hydrogens (tertiary/aromatic N) is 3. The summed E-state index contributed by atoms with van der Waals surface area (Å²) in [7, 11) is 1.80. The van der Waals surface area contributed by atoms with E-state index in [4.69, 9.17) is 0 Å². The van der Waals surface area contributed by atoms with Crippen LogP contribution >= 0.6 is 0 Å². The molecule has 1 N–H and O–H groups in total. The highest BCUT2D eigenvalue weighted by Gasteiger charge is 2.28. The average Bonchev–Trinajstić information content (AvgIpc) is 3.19. The van der Waals surface area contributed by atoms with Crippen LogP contribution in [0.15, 0.2) is 12.3 Å². The Morgan fingerprint density at radius 2 is 2.05 bits per heavy atom. The molecule has 2 unspecified atom stereocenters. The Balaban J connectivity index is 1.67. The lowest BCUT2D eigenvalue weighted by Gasteiger charge is -2.23. The van der Waals surface area contributed by atoms with Crippen molar-refractivity contribution in [3.63, 3.8) is 0 Å². The van der Waals surface area contributed by atoms with Gasteiger partial charge in [0.1, 0.15) is 11.5 Å². The van der Waals surface area contributed by atoms with Crippen molar-refractivity contribution in [2.45, 2.75) is 57.0 Å². The third-order valence-corrected chi connectivity index (χ3v) is 5.09. The highest BCUT2D eigenvalue weighted by molar-refractivity contribution is 5.92. The highest BCUT2D eigenvalue weighted by Crippen LogP contribution is 2.32. The Kier molecular flexibility index (Phi) is 4.71. The maximum absolute atomic E-state index is 12.6. The van der Waals surface area contributed by atoms with E-state index in [1.165, 1.54) is 12.8 Å². The Labute approximate surface area is 131 Å². The third kappa shape index (κ3) is 3.29. The summed E-state index contributed by atoms with van der Waals surface area (Å²) < 4.78 is 0. The second-order valence-electron chi connectivity index (χ2n) is 6.73. The molecule has 2 aliphatic rings. The lowest BCUT2D eigenvalue weighted by Crippen LogP contribution is -2.35. The SMILES string of the molecule is CN(CC1CCCC1O)C(=O)c1ccnc(C2CCCC2)n1. The average molecular weight is 303 g/mol. The molecule has 2 fully saturated rings. The number of aliphatic hydroxyl groups is 1. The lowest BCUT2D eigenvalue weighted by molar-refractivity contribution is 0.0687. The van der Waals surface area contributed by atoms with Crippen LogP contribution in [0.4, 0.5) is 0 Å². The highest BCUT2D eigenvalue weighted by atomic mass is 16.3. The van der Waals surface area contributed by atoms with Gasteiger partial charge in [0.05, 0.1) is 6.10 Å². The first-order chi connectivity index (χ1) is 10.6. The first-order valence-electron chi connectivity index (χ1n) is 8.41. The maximum atomic E-state index is 12.6. The number of carbonyl (C=O) groups is 1. The van der Waals surface area contributed by atoms with Gasteiger partial charge in [0.25, 0.3) is 5.91 Å². The molecule has 1 aromatic rings. The molecule has 1 heterocycles. The molecule has 0 radical (unpaired) electrons. The monoisotopic (exact) mass is 303 g/mol. The van der Waals surface area contributed by atoms with Gasteiger partial charge in [-0.05, 0) is 31.7 Å². The van der Waals surface area contributed by atoms with E-state index >= 15 is 0 Å². The molecule has 3 rings (SSSR count). The van der Waals surface area contributed by atoms with E-state index in [2.05, 4.69) is 9.97 Å². The van der Waals surface area contributed by atoms with Crippen molar-refractivity contribution < 1.29 is 9.90 Å². The smallest absolute Gasteiger partial charge is 0.272 e. The van der Waals surface area contributed by atoms with Gasteiger partial charge in [0, 0.05) is 31.6 Å². The fourth-order valence-corrected chi connectivity index (χ4v) is 3.73. The van der Waals surface area contributed by atoms with Crippen molar-refractivity contribution in [2.75, 3.05) is 13.6 Å². The van der Waals surface area contributed by atoms with E-state index in [1.807, 2.05) is 0 Å². The molecule has 5 nitrogen and oxygen atoms in total. The fourth-order valence-electron chi connectivity index (χ4n) is 3.73. The molecule has 2 saturated carbocycles. The van der Waals surface area contributed by atoms with Crippen LogP contribution in [0.25, 0.3) is 0 Å². The Morgan fingerprint density at radius 3 is 2.73 bits per heavy atom. The molecule has 1 aromatic heterocycles.